The molecule has 5 heteroatoms. The lowest BCUT2D eigenvalue weighted by atomic mass is 10.2. The monoisotopic (exact) mass is 248 g/mol. The summed E-state index contributed by atoms with van der Waals surface area (Å²) < 4.78 is 25.9. The molecule has 0 aliphatic carbocycles. The van der Waals surface area contributed by atoms with Gasteiger partial charge >= 0.3 is 0 Å². The molecule has 0 aliphatic rings. The highest BCUT2D eigenvalue weighted by Gasteiger charge is 2.11. The van der Waals surface area contributed by atoms with E-state index in [1.807, 2.05) is 0 Å². The van der Waals surface area contributed by atoms with E-state index in [1.54, 1.807) is 12.1 Å². The molecule has 0 fully saturated rings. The number of halogens is 2. The fourth-order valence-electron chi connectivity index (χ4n) is 1.44. The first kappa shape index (κ1) is 12.2. The Labute approximate surface area is 102 Å². The number of benzene rings is 1. The molecule has 1 heterocycles. The van der Waals surface area contributed by atoms with Crippen molar-refractivity contribution in [2.45, 2.75) is 6.54 Å². The van der Waals surface area contributed by atoms with Crippen molar-refractivity contribution in [2.24, 2.45) is 0 Å². The second kappa shape index (κ2) is 5.35. The van der Waals surface area contributed by atoms with Gasteiger partial charge in [0.05, 0.1) is 5.56 Å². The van der Waals surface area contributed by atoms with E-state index >= 15 is 0 Å². The van der Waals surface area contributed by atoms with E-state index < -0.39 is 11.9 Å². The molecule has 1 amide bonds. The van der Waals surface area contributed by atoms with Gasteiger partial charge in [-0.3, -0.25) is 4.79 Å². The maximum atomic E-state index is 13.2. The summed E-state index contributed by atoms with van der Waals surface area (Å²) >= 11 is 0. The van der Waals surface area contributed by atoms with Crippen molar-refractivity contribution in [3.05, 3.63) is 65.5 Å². The Balaban J connectivity index is 2.01. The summed E-state index contributed by atoms with van der Waals surface area (Å²) in [6.45, 7) is 0.202. The Bertz CT molecular complexity index is 555. The summed E-state index contributed by atoms with van der Waals surface area (Å²) in [7, 11) is 0. The van der Waals surface area contributed by atoms with Crippen LogP contribution in [0.25, 0.3) is 0 Å². The van der Waals surface area contributed by atoms with E-state index in [0.29, 0.717) is 0 Å². The molecule has 0 aliphatic heterocycles. The van der Waals surface area contributed by atoms with Gasteiger partial charge in [-0.1, -0.05) is 12.1 Å². The standard InChI is InChI=1S/C13H10F2N2O/c14-10-5-3-9(4-6-10)8-17-13(18)11-2-1-7-16-12(11)15/h1-7H,8H2,(H,17,18). The van der Waals surface area contributed by atoms with E-state index in [0.717, 1.165) is 5.56 Å². The molecule has 0 spiro atoms. The van der Waals surface area contributed by atoms with Crippen LogP contribution in [0.5, 0.6) is 0 Å². The molecule has 2 aromatic rings. The largest absolute Gasteiger partial charge is 0.348 e. The van der Waals surface area contributed by atoms with Crippen molar-refractivity contribution in [1.82, 2.24) is 10.3 Å². The SMILES string of the molecule is O=C(NCc1ccc(F)cc1)c1cccnc1F. The lowest BCUT2D eigenvalue weighted by molar-refractivity contribution is 0.0946. The predicted octanol–water partition coefficient (Wildman–Crippen LogP) is 2.29. The van der Waals surface area contributed by atoms with Crippen LogP contribution < -0.4 is 5.32 Å². The number of carbonyl (C=O) groups is 1. The zero-order chi connectivity index (χ0) is 13.0. The van der Waals surface area contributed by atoms with Crippen molar-refractivity contribution in [1.29, 1.82) is 0 Å². The first-order valence-corrected chi connectivity index (χ1v) is 5.30. The molecule has 0 atom stereocenters. The molecule has 3 nitrogen and oxygen atoms in total. The van der Waals surface area contributed by atoms with Crippen LogP contribution in [0.2, 0.25) is 0 Å². The minimum atomic E-state index is -0.811. The van der Waals surface area contributed by atoms with Crippen LogP contribution in [0.15, 0.2) is 42.6 Å². The van der Waals surface area contributed by atoms with Gasteiger partial charge in [-0.2, -0.15) is 4.39 Å². The summed E-state index contributed by atoms with van der Waals surface area (Å²) in [5, 5.41) is 2.53. The number of hydrogen-bond acceptors (Lipinski definition) is 2. The van der Waals surface area contributed by atoms with Gasteiger partial charge in [-0.15, -0.1) is 0 Å². The number of carbonyl (C=O) groups excluding carboxylic acids is 1. The molecule has 0 bridgehead atoms. The normalized spacial score (nSPS) is 10.1. The van der Waals surface area contributed by atoms with Gasteiger partial charge in [0.2, 0.25) is 5.95 Å². The Morgan fingerprint density at radius 3 is 2.56 bits per heavy atom. The van der Waals surface area contributed by atoms with Gasteiger partial charge in [-0.05, 0) is 29.8 Å². The summed E-state index contributed by atoms with van der Waals surface area (Å²) in [5.41, 5.74) is 0.619. The van der Waals surface area contributed by atoms with Gasteiger partial charge in [0.1, 0.15) is 5.82 Å². The van der Waals surface area contributed by atoms with Gasteiger partial charge in [-0.25, -0.2) is 9.37 Å². The molecular formula is C13H10F2N2O. The zero-order valence-electron chi connectivity index (χ0n) is 9.36. The predicted molar refractivity (Wildman–Crippen MR) is 61.8 cm³/mol. The van der Waals surface area contributed by atoms with Crippen molar-refractivity contribution >= 4 is 5.91 Å². The van der Waals surface area contributed by atoms with Crippen molar-refractivity contribution in [3.63, 3.8) is 0 Å². The van der Waals surface area contributed by atoms with Crippen LogP contribution >= 0.6 is 0 Å². The maximum absolute atomic E-state index is 13.2. The zero-order valence-corrected chi connectivity index (χ0v) is 9.36. The fourth-order valence-corrected chi connectivity index (χ4v) is 1.44. The number of hydrogen-bond donors (Lipinski definition) is 1. The van der Waals surface area contributed by atoms with E-state index in [-0.39, 0.29) is 17.9 Å². The summed E-state index contributed by atoms with van der Waals surface area (Å²) in [5.74, 6) is -1.71. The third-order valence-electron chi connectivity index (χ3n) is 2.37. The average Bonchev–Trinajstić information content (AvgIpc) is 2.38. The van der Waals surface area contributed by atoms with Gasteiger partial charge in [0.25, 0.3) is 5.91 Å². The highest BCUT2D eigenvalue weighted by atomic mass is 19.1. The van der Waals surface area contributed by atoms with Gasteiger partial charge < -0.3 is 5.32 Å². The number of aromatic nitrogens is 1. The average molecular weight is 248 g/mol. The maximum Gasteiger partial charge on any atom is 0.256 e. The first-order valence-electron chi connectivity index (χ1n) is 5.30. The molecule has 0 saturated carbocycles. The quantitative estimate of drug-likeness (QED) is 0.847. The third-order valence-corrected chi connectivity index (χ3v) is 2.37. The van der Waals surface area contributed by atoms with Crippen molar-refractivity contribution < 1.29 is 13.6 Å². The highest BCUT2D eigenvalue weighted by Crippen LogP contribution is 2.05. The molecule has 0 unspecified atom stereocenters. The smallest absolute Gasteiger partial charge is 0.256 e. The van der Waals surface area contributed by atoms with Gasteiger partial charge in [0.15, 0.2) is 0 Å². The molecular weight excluding hydrogens is 238 g/mol. The summed E-state index contributed by atoms with van der Waals surface area (Å²) in [4.78, 5) is 15.0. The van der Waals surface area contributed by atoms with E-state index in [2.05, 4.69) is 10.3 Å². The molecule has 1 aromatic heterocycles. The fraction of sp³-hybridized carbons (Fsp3) is 0.0769. The molecule has 0 radical (unpaired) electrons. The Morgan fingerprint density at radius 2 is 1.89 bits per heavy atom. The number of nitrogens with zero attached hydrogens (tertiary/aromatic N) is 1. The van der Waals surface area contributed by atoms with Crippen molar-refractivity contribution in [3.8, 4) is 0 Å². The second-order valence-electron chi connectivity index (χ2n) is 3.65. The Morgan fingerprint density at radius 1 is 1.17 bits per heavy atom. The second-order valence-corrected chi connectivity index (χ2v) is 3.65. The molecule has 18 heavy (non-hydrogen) atoms. The minimum Gasteiger partial charge on any atom is -0.348 e. The lowest BCUT2D eigenvalue weighted by Gasteiger charge is -2.05. The number of amides is 1. The Hall–Kier alpha value is -2.30. The molecule has 0 saturated heterocycles. The van der Waals surface area contributed by atoms with Gasteiger partial charge in [0, 0.05) is 12.7 Å². The molecule has 2 rings (SSSR count). The van der Waals surface area contributed by atoms with Crippen LogP contribution in [0, 0.1) is 11.8 Å². The van der Waals surface area contributed by atoms with E-state index in [1.165, 1.54) is 30.5 Å². The topological polar surface area (TPSA) is 42.0 Å². The Kier molecular flexibility index (Phi) is 3.62. The van der Waals surface area contributed by atoms with Crippen LogP contribution in [0.3, 0.4) is 0 Å². The number of rotatable bonds is 3. The summed E-state index contributed by atoms with van der Waals surface area (Å²) in [6, 6.07) is 8.53. The van der Waals surface area contributed by atoms with Crippen LogP contribution in [0.4, 0.5) is 8.78 Å². The number of nitrogens with one attached hydrogen (secondary N) is 1. The summed E-state index contributed by atoms with van der Waals surface area (Å²) in [6.07, 6.45) is 1.27. The first-order chi connectivity index (χ1) is 8.66. The third kappa shape index (κ3) is 2.88. The van der Waals surface area contributed by atoms with E-state index in [9.17, 15) is 13.6 Å². The van der Waals surface area contributed by atoms with Crippen LogP contribution in [0.1, 0.15) is 15.9 Å². The lowest BCUT2D eigenvalue weighted by Crippen LogP contribution is -2.24. The van der Waals surface area contributed by atoms with Crippen LogP contribution in [-0.2, 0) is 6.54 Å². The molecule has 1 N–H and O–H groups in total. The van der Waals surface area contributed by atoms with E-state index in [4.69, 9.17) is 0 Å². The molecule has 1 aromatic carbocycles. The van der Waals surface area contributed by atoms with Crippen LogP contribution in [-0.4, -0.2) is 10.9 Å². The van der Waals surface area contributed by atoms with Crippen molar-refractivity contribution in [2.75, 3.05) is 0 Å². The highest BCUT2D eigenvalue weighted by molar-refractivity contribution is 5.94. The molecule has 92 valence electrons. The minimum absolute atomic E-state index is 0.111. The number of pyridine rings is 1.